The van der Waals surface area contributed by atoms with Gasteiger partial charge in [-0.15, -0.1) is 0 Å². The fourth-order valence-electron chi connectivity index (χ4n) is 2.16. The van der Waals surface area contributed by atoms with E-state index in [2.05, 4.69) is 4.98 Å². The maximum Gasteiger partial charge on any atom is 0.314 e. The quantitative estimate of drug-likeness (QED) is 0.613. The van der Waals surface area contributed by atoms with Gasteiger partial charge in [0.05, 0.1) is 4.92 Å². The highest BCUT2D eigenvalue weighted by Crippen LogP contribution is 2.31. The summed E-state index contributed by atoms with van der Waals surface area (Å²) in [6.07, 6.45) is 1.60. The van der Waals surface area contributed by atoms with Crippen LogP contribution in [0.4, 0.5) is 11.5 Å². The minimum absolute atomic E-state index is 0.0527. The molecule has 2 atom stereocenters. The number of aromatic nitrogens is 1. The summed E-state index contributed by atoms with van der Waals surface area (Å²) in [4.78, 5) is 16.7. The highest BCUT2D eigenvalue weighted by Gasteiger charge is 2.32. The van der Waals surface area contributed by atoms with Crippen molar-refractivity contribution in [1.29, 1.82) is 0 Å². The number of hydrogen-bond acceptors (Lipinski definition) is 5. The molecule has 6 nitrogen and oxygen atoms in total. The molecule has 2 unspecified atom stereocenters. The van der Waals surface area contributed by atoms with Gasteiger partial charge in [0.25, 0.3) is 0 Å². The van der Waals surface area contributed by atoms with Gasteiger partial charge in [0.1, 0.15) is 0 Å². The zero-order valence-electron chi connectivity index (χ0n) is 9.96. The summed E-state index contributed by atoms with van der Waals surface area (Å²) in [7, 11) is 0. The van der Waals surface area contributed by atoms with Gasteiger partial charge in [-0.2, -0.15) is 0 Å². The second-order valence-electron chi connectivity index (χ2n) is 4.60. The molecular formula is C11H16N4O2. The summed E-state index contributed by atoms with van der Waals surface area (Å²) in [6.45, 7) is 5.12. The Morgan fingerprint density at radius 2 is 2.29 bits per heavy atom. The number of nitrogens with two attached hydrogens (primary N) is 1. The number of pyridine rings is 1. The first-order chi connectivity index (χ1) is 8.00. The molecule has 1 aromatic heterocycles. The Morgan fingerprint density at radius 3 is 2.82 bits per heavy atom. The lowest BCUT2D eigenvalue weighted by atomic mass is 10.1. The van der Waals surface area contributed by atoms with E-state index in [1.165, 1.54) is 0 Å². The van der Waals surface area contributed by atoms with Crippen LogP contribution in [0.25, 0.3) is 0 Å². The maximum absolute atomic E-state index is 11.1. The van der Waals surface area contributed by atoms with Crippen LogP contribution in [-0.2, 0) is 0 Å². The lowest BCUT2D eigenvalue weighted by Gasteiger charge is -2.17. The Bertz CT molecular complexity index is 439. The third kappa shape index (κ3) is 2.08. The third-order valence-corrected chi connectivity index (χ3v) is 3.26. The van der Waals surface area contributed by atoms with E-state index in [4.69, 9.17) is 5.73 Å². The van der Waals surface area contributed by atoms with Crippen molar-refractivity contribution in [2.45, 2.75) is 19.9 Å². The second-order valence-corrected chi connectivity index (χ2v) is 4.60. The van der Waals surface area contributed by atoms with Gasteiger partial charge in [-0.3, -0.25) is 10.1 Å². The largest absolute Gasteiger partial charge is 0.349 e. The third-order valence-electron chi connectivity index (χ3n) is 3.26. The van der Waals surface area contributed by atoms with E-state index in [0.29, 0.717) is 23.8 Å². The fourth-order valence-corrected chi connectivity index (χ4v) is 2.16. The van der Waals surface area contributed by atoms with Gasteiger partial charge < -0.3 is 10.6 Å². The molecule has 0 bridgehead atoms. The van der Waals surface area contributed by atoms with E-state index in [1.807, 2.05) is 11.8 Å². The van der Waals surface area contributed by atoms with E-state index in [1.54, 1.807) is 19.2 Å². The molecule has 1 aliphatic heterocycles. The van der Waals surface area contributed by atoms with Gasteiger partial charge >= 0.3 is 5.69 Å². The number of nitrogens with zero attached hydrogens (tertiary/aromatic N) is 3. The maximum atomic E-state index is 11.1. The minimum Gasteiger partial charge on any atom is -0.349 e. The monoisotopic (exact) mass is 236 g/mol. The zero-order valence-corrected chi connectivity index (χ0v) is 9.96. The smallest absolute Gasteiger partial charge is 0.314 e. The predicted octanol–water partition coefficient (Wildman–Crippen LogP) is 1.08. The molecule has 0 amide bonds. The zero-order chi connectivity index (χ0) is 12.6. The van der Waals surface area contributed by atoms with Gasteiger partial charge in [-0.25, -0.2) is 4.98 Å². The molecule has 2 heterocycles. The molecule has 17 heavy (non-hydrogen) atoms. The van der Waals surface area contributed by atoms with E-state index >= 15 is 0 Å². The molecular weight excluding hydrogens is 220 g/mol. The predicted molar refractivity (Wildman–Crippen MR) is 65.0 cm³/mol. The summed E-state index contributed by atoms with van der Waals surface area (Å²) in [5, 5.41) is 11.1. The standard InChI is InChI=1S/C11H16N4O2/c1-7-3-4-13-11(10(7)15(16)17)14-5-8(2)9(12)6-14/h3-4,8-9H,5-6,12H2,1-2H3. The highest BCUT2D eigenvalue weighted by atomic mass is 16.6. The van der Waals surface area contributed by atoms with Crippen molar-refractivity contribution in [3.8, 4) is 0 Å². The van der Waals surface area contributed by atoms with Crippen LogP contribution in [-0.4, -0.2) is 29.0 Å². The Hall–Kier alpha value is -1.69. The number of anilines is 1. The Morgan fingerprint density at radius 1 is 1.59 bits per heavy atom. The van der Waals surface area contributed by atoms with Crippen LogP contribution in [0.5, 0.6) is 0 Å². The number of aryl methyl sites for hydroxylation is 1. The molecule has 0 aliphatic carbocycles. The molecule has 1 fully saturated rings. The second kappa shape index (κ2) is 4.29. The molecule has 0 radical (unpaired) electrons. The average Bonchev–Trinajstić information content (AvgIpc) is 2.58. The van der Waals surface area contributed by atoms with Crippen LogP contribution in [0.2, 0.25) is 0 Å². The van der Waals surface area contributed by atoms with Crippen molar-refractivity contribution in [1.82, 2.24) is 4.98 Å². The summed E-state index contributed by atoms with van der Waals surface area (Å²) < 4.78 is 0. The summed E-state index contributed by atoms with van der Waals surface area (Å²) in [5.74, 6) is 0.770. The van der Waals surface area contributed by atoms with Gasteiger partial charge in [0, 0.05) is 30.9 Å². The van der Waals surface area contributed by atoms with Crippen molar-refractivity contribution >= 4 is 11.5 Å². The van der Waals surface area contributed by atoms with E-state index in [9.17, 15) is 10.1 Å². The van der Waals surface area contributed by atoms with E-state index < -0.39 is 0 Å². The topological polar surface area (TPSA) is 85.3 Å². The van der Waals surface area contributed by atoms with E-state index in [0.717, 1.165) is 6.54 Å². The normalized spacial score (nSPS) is 24.1. The molecule has 1 saturated heterocycles. The first kappa shape index (κ1) is 11.8. The first-order valence-electron chi connectivity index (χ1n) is 5.61. The molecule has 1 aliphatic rings. The number of nitro groups is 1. The molecule has 0 saturated carbocycles. The van der Waals surface area contributed by atoms with Gasteiger partial charge in [0.15, 0.2) is 0 Å². The van der Waals surface area contributed by atoms with Crippen molar-refractivity contribution < 1.29 is 4.92 Å². The van der Waals surface area contributed by atoms with Gasteiger partial charge in [-0.05, 0) is 18.9 Å². The number of rotatable bonds is 2. The lowest BCUT2D eigenvalue weighted by molar-refractivity contribution is -0.384. The van der Waals surface area contributed by atoms with Crippen LogP contribution in [0.1, 0.15) is 12.5 Å². The first-order valence-corrected chi connectivity index (χ1v) is 5.61. The fraction of sp³-hybridized carbons (Fsp3) is 0.545. The molecule has 0 aromatic carbocycles. The van der Waals surface area contributed by atoms with E-state index in [-0.39, 0.29) is 16.7 Å². The molecule has 2 N–H and O–H groups in total. The molecule has 92 valence electrons. The average molecular weight is 236 g/mol. The van der Waals surface area contributed by atoms with Gasteiger partial charge in [-0.1, -0.05) is 6.92 Å². The van der Waals surface area contributed by atoms with Crippen LogP contribution in [0.3, 0.4) is 0 Å². The summed E-state index contributed by atoms with van der Waals surface area (Å²) in [6, 6.07) is 1.71. The molecule has 0 spiro atoms. The summed E-state index contributed by atoms with van der Waals surface area (Å²) in [5.41, 5.74) is 6.65. The Kier molecular flexibility index (Phi) is 2.97. The van der Waals surface area contributed by atoms with Crippen LogP contribution >= 0.6 is 0 Å². The minimum atomic E-state index is -0.369. The van der Waals surface area contributed by atoms with Crippen molar-refractivity contribution in [2.24, 2.45) is 11.7 Å². The molecule has 1 aromatic rings. The van der Waals surface area contributed by atoms with Crippen molar-refractivity contribution in [2.75, 3.05) is 18.0 Å². The van der Waals surface area contributed by atoms with Crippen LogP contribution in [0, 0.1) is 23.0 Å². The van der Waals surface area contributed by atoms with Crippen molar-refractivity contribution in [3.63, 3.8) is 0 Å². The highest BCUT2D eigenvalue weighted by molar-refractivity contribution is 5.62. The molecule has 2 rings (SSSR count). The Labute approximate surface area is 99.6 Å². The van der Waals surface area contributed by atoms with Crippen LogP contribution < -0.4 is 10.6 Å². The van der Waals surface area contributed by atoms with Crippen molar-refractivity contribution in [3.05, 3.63) is 27.9 Å². The summed E-state index contributed by atoms with van der Waals surface area (Å²) >= 11 is 0. The Balaban J connectivity index is 2.39. The SMILES string of the molecule is Cc1ccnc(N2CC(C)C(N)C2)c1[N+](=O)[O-]. The molecule has 6 heteroatoms. The number of hydrogen-bond donors (Lipinski definition) is 1. The van der Waals surface area contributed by atoms with Gasteiger partial charge in [0.2, 0.25) is 5.82 Å². The van der Waals surface area contributed by atoms with Crippen LogP contribution in [0.15, 0.2) is 12.3 Å². The lowest BCUT2D eigenvalue weighted by Crippen LogP contribution is -2.29.